The first kappa shape index (κ1) is 16.8. The highest BCUT2D eigenvalue weighted by Gasteiger charge is 2.07. The monoisotopic (exact) mass is 309 g/mol. The fourth-order valence-electron chi connectivity index (χ4n) is 2.07. The summed E-state index contributed by atoms with van der Waals surface area (Å²) in [6.07, 6.45) is 6.36. The third-order valence-corrected chi connectivity index (χ3v) is 3.27. The highest BCUT2D eigenvalue weighted by molar-refractivity contribution is 5.96. The second-order valence-electron chi connectivity index (χ2n) is 5.03. The van der Waals surface area contributed by atoms with E-state index in [0.717, 1.165) is 29.8 Å². The summed E-state index contributed by atoms with van der Waals surface area (Å²) in [7, 11) is 1.64. The van der Waals surface area contributed by atoms with Crippen molar-refractivity contribution in [1.29, 1.82) is 0 Å². The number of nitrogens with zero attached hydrogens (tertiary/aromatic N) is 1. The van der Waals surface area contributed by atoms with Gasteiger partial charge in [-0.1, -0.05) is 55.8 Å². The molecule has 0 bridgehead atoms. The van der Waals surface area contributed by atoms with Crippen molar-refractivity contribution in [2.75, 3.05) is 13.7 Å². The zero-order valence-corrected chi connectivity index (χ0v) is 13.7. The Labute approximate surface area is 138 Å². The third kappa shape index (κ3) is 5.29. The number of rotatable bonds is 7. The Bertz CT molecular complexity index is 648. The molecule has 0 fully saturated rings. The first-order valence-corrected chi connectivity index (χ1v) is 7.90. The van der Waals surface area contributed by atoms with Gasteiger partial charge < -0.3 is 9.47 Å². The summed E-state index contributed by atoms with van der Waals surface area (Å²) < 4.78 is 11.2. The maximum Gasteiger partial charge on any atom is 0.221 e. The number of methoxy groups -OCH3 is 1. The lowest BCUT2D eigenvalue weighted by atomic mass is 10.2. The number of benzene rings is 2. The van der Waals surface area contributed by atoms with E-state index in [0.29, 0.717) is 12.5 Å². The standard InChI is InChI=1S/C20H23NO2/c1-3-4-5-11-16-23-20(17-12-7-6-8-13-17)21-18-14-9-10-15-19(18)22-2/h5-15H,3-4,16H2,1-2H3/b11-5+,21-20?. The lowest BCUT2D eigenvalue weighted by Crippen LogP contribution is -2.06. The average Bonchev–Trinajstić information content (AvgIpc) is 2.61. The third-order valence-electron chi connectivity index (χ3n) is 3.27. The predicted octanol–water partition coefficient (Wildman–Crippen LogP) is 5.15. The fraction of sp³-hybridized carbons (Fsp3) is 0.250. The lowest BCUT2D eigenvalue weighted by Gasteiger charge is -2.09. The van der Waals surface area contributed by atoms with Crippen LogP contribution in [0.3, 0.4) is 0 Å². The number of aliphatic imine (C=N–C) groups is 1. The van der Waals surface area contributed by atoms with Gasteiger partial charge in [-0.2, -0.15) is 0 Å². The Kier molecular flexibility index (Phi) is 6.92. The molecule has 0 spiro atoms. The number of ether oxygens (including phenoxy) is 2. The molecule has 0 saturated carbocycles. The molecule has 0 aliphatic rings. The number of hydrogen-bond acceptors (Lipinski definition) is 3. The van der Waals surface area contributed by atoms with Crippen molar-refractivity contribution in [1.82, 2.24) is 0 Å². The van der Waals surface area contributed by atoms with E-state index in [9.17, 15) is 0 Å². The van der Waals surface area contributed by atoms with Gasteiger partial charge in [0.25, 0.3) is 0 Å². The summed E-state index contributed by atoms with van der Waals surface area (Å²) in [5.74, 6) is 1.32. The van der Waals surface area contributed by atoms with Crippen LogP contribution in [0.25, 0.3) is 0 Å². The molecule has 0 unspecified atom stereocenters. The van der Waals surface area contributed by atoms with Crippen LogP contribution >= 0.6 is 0 Å². The minimum Gasteiger partial charge on any atom is -0.494 e. The van der Waals surface area contributed by atoms with E-state index >= 15 is 0 Å². The normalized spacial score (nSPS) is 11.7. The molecule has 3 nitrogen and oxygen atoms in total. The molecule has 2 rings (SSSR count). The van der Waals surface area contributed by atoms with Crippen LogP contribution in [-0.4, -0.2) is 19.6 Å². The molecule has 120 valence electrons. The zero-order chi connectivity index (χ0) is 16.3. The molecule has 0 aliphatic heterocycles. The van der Waals surface area contributed by atoms with Crippen molar-refractivity contribution < 1.29 is 9.47 Å². The lowest BCUT2D eigenvalue weighted by molar-refractivity contribution is 0.351. The smallest absolute Gasteiger partial charge is 0.221 e. The molecule has 0 saturated heterocycles. The molecule has 0 heterocycles. The molecule has 0 amide bonds. The molecule has 2 aromatic rings. The summed E-state index contributed by atoms with van der Waals surface area (Å²) in [5, 5.41) is 0. The molecule has 0 radical (unpaired) electrons. The summed E-state index contributed by atoms with van der Waals surface area (Å²) in [6.45, 7) is 2.66. The van der Waals surface area contributed by atoms with Crippen LogP contribution in [0.5, 0.6) is 5.75 Å². The zero-order valence-electron chi connectivity index (χ0n) is 13.7. The molecular weight excluding hydrogens is 286 g/mol. The van der Waals surface area contributed by atoms with Gasteiger partial charge in [0, 0.05) is 5.56 Å². The van der Waals surface area contributed by atoms with Gasteiger partial charge in [0.1, 0.15) is 18.0 Å². The van der Waals surface area contributed by atoms with Crippen LogP contribution in [-0.2, 0) is 4.74 Å². The topological polar surface area (TPSA) is 30.8 Å². The number of allylic oxidation sites excluding steroid dienone is 1. The second-order valence-corrected chi connectivity index (χ2v) is 5.03. The molecule has 23 heavy (non-hydrogen) atoms. The molecule has 3 heteroatoms. The van der Waals surface area contributed by atoms with E-state index in [1.165, 1.54) is 0 Å². The van der Waals surface area contributed by atoms with Crippen molar-refractivity contribution in [2.24, 2.45) is 4.99 Å². The maximum atomic E-state index is 5.89. The Morgan fingerprint density at radius 2 is 1.74 bits per heavy atom. The van der Waals surface area contributed by atoms with Gasteiger partial charge in [0.15, 0.2) is 0 Å². The van der Waals surface area contributed by atoms with Gasteiger partial charge in [-0.05, 0) is 30.7 Å². The maximum absolute atomic E-state index is 5.89. The van der Waals surface area contributed by atoms with E-state index in [-0.39, 0.29) is 0 Å². The predicted molar refractivity (Wildman–Crippen MR) is 95.6 cm³/mol. The van der Waals surface area contributed by atoms with Crippen LogP contribution < -0.4 is 4.74 Å². The molecule has 0 aromatic heterocycles. The summed E-state index contributed by atoms with van der Waals surface area (Å²) in [5.41, 5.74) is 1.70. The Morgan fingerprint density at radius 1 is 1.00 bits per heavy atom. The van der Waals surface area contributed by atoms with Crippen molar-refractivity contribution in [2.45, 2.75) is 19.8 Å². The van der Waals surface area contributed by atoms with Crippen LogP contribution in [0.4, 0.5) is 5.69 Å². The minimum atomic E-state index is 0.503. The van der Waals surface area contributed by atoms with Crippen molar-refractivity contribution in [3.8, 4) is 5.75 Å². The number of hydrogen-bond donors (Lipinski definition) is 0. The van der Waals surface area contributed by atoms with Crippen LogP contribution in [0.15, 0.2) is 71.7 Å². The largest absolute Gasteiger partial charge is 0.494 e. The van der Waals surface area contributed by atoms with E-state index < -0.39 is 0 Å². The van der Waals surface area contributed by atoms with Gasteiger partial charge in [0.2, 0.25) is 5.90 Å². The van der Waals surface area contributed by atoms with Gasteiger partial charge in [0.05, 0.1) is 7.11 Å². The Hall–Kier alpha value is -2.55. The van der Waals surface area contributed by atoms with Crippen LogP contribution in [0, 0.1) is 0 Å². The molecule has 0 atom stereocenters. The van der Waals surface area contributed by atoms with E-state index in [1.807, 2.05) is 60.7 Å². The summed E-state index contributed by atoms with van der Waals surface area (Å²) in [4.78, 5) is 4.65. The molecular formula is C20H23NO2. The van der Waals surface area contributed by atoms with Crippen molar-refractivity contribution >= 4 is 11.6 Å². The first-order valence-electron chi connectivity index (χ1n) is 7.90. The van der Waals surface area contributed by atoms with Crippen molar-refractivity contribution in [3.63, 3.8) is 0 Å². The van der Waals surface area contributed by atoms with Crippen LogP contribution in [0.1, 0.15) is 25.3 Å². The number of unbranched alkanes of at least 4 members (excludes halogenated alkanes) is 1. The first-order chi connectivity index (χ1) is 11.3. The Morgan fingerprint density at radius 3 is 2.48 bits per heavy atom. The SMILES string of the molecule is CCC/C=C/COC(=Nc1ccccc1OC)c1ccccc1. The average molecular weight is 309 g/mol. The van der Waals surface area contributed by atoms with E-state index in [2.05, 4.69) is 18.0 Å². The molecule has 2 aromatic carbocycles. The highest BCUT2D eigenvalue weighted by atomic mass is 16.5. The van der Waals surface area contributed by atoms with Gasteiger partial charge in [-0.25, -0.2) is 4.99 Å². The number of para-hydroxylation sites is 2. The van der Waals surface area contributed by atoms with Gasteiger partial charge in [-0.3, -0.25) is 0 Å². The van der Waals surface area contributed by atoms with E-state index in [1.54, 1.807) is 7.11 Å². The minimum absolute atomic E-state index is 0.503. The highest BCUT2D eigenvalue weighted by Crippen LogP contribution is 2.27. The van der Waals surface area contributed by atoms with Gasteiger partial charge in [-0.15, -0.1) is 0 Å². The van der Waals surface area contributed by atoms with E-state index in [4.69, 9.17) is 9.47 Å². The summed E-state index contributed by atoms with van der Waals surface area (Å²) in [6, 6.07) is 17.6. The van der Waals surface area contributed by atoms with Gasteiger partial charge >= 0.3 is 0 Å². The summed E-state index contributed by atoms with van der Waals surface area (Å²) >= 11 is 0. The Balaban J connectivity index is 2.24. The molecule has 0 aliphatic carbocycles. The van der Waals surface area contributed by atoms with Crippen LogP contribution in [0.2, 0.25) is 0 Å². The second kappa shape index (κ2) is 9.46. The molecule has 0 N–H and O–H groups in total. The fourth-order valence-corrected chi connectivity index (χ4v) is 2.07. The van der Waals surface area contributed by atoms with Crippen molar-refractivity contribution in [3.05, 3.63) is 72.3 Å². The quantitative estimate of drug-likeness (QED) is 0.402.